The molecule has 9 nitrogen and oxygen atoms in total. The molecule has 4 aromatic rings. The zero-order chi connectivity index (χ0) is 22.1. The number of ketones is 1. The van der Waals surface area contributed by atoms with Crippen molar-refractivity contribution in [3.63, 3.8) is 0 Å². The van der Waals surface area contributed by atoms with Crippen LogP contribution in [0.3, 0.4) is 0 Å². The summed E-state index contributed by atoms with van der Waals surface area (Å²) in [5.41, 5.74) is 2.63. The number of hydrogen-bond donors (Lipinski definition) is 0. The quantitative estimate of drug-likeness (QED) is 0.459. The van der Waals surface area contributed by atoms with Gasteiger partial charge < -0.3 is 4.52 Å². The van der Waals surface area contributed by atoms with Gasteiger partial charge in [-0.1, -0.05) is 5.16 Å². The molecule has 0 spiro atoms. The Bertz CT molecular complexity index is 1250. The summed E-state index contributed by atoms with van der Waals surface area (Å²) in [7, 11) is 1.88. The van der Waals surface area contributed by atoms with E-state index in [2.05, 4.69) is 30.1 Å². The molecular formula is C23H25N7O2. The van der Waals surface area contributed by atoms with Gasteiger partial charge in [-0.05, 0) is 43.5 Å². The number of pyridine rings is 2. The van der Waals surface area contributed by atoms with E-state index in [0.29, 0.717) is 24.7 Å². The lowest BCUT2D eigenvalue weighted by Crippen LogP contribution is -2.36. The van der Waals surface area contributed by atoms with E-state index in [0.717, 1.165) is 53.7 Å². The third-order valence-corrected chi connectivity index (χ3v) is 5.99. The summed E-state index contributed by atoms with van der Waals surface area (Å²) >= 11 is 0. The fraction of sp³-hybridized carbons (Fsp3) is 0.391. The first-order valence-corrected chi connectivity index (χ1v) is 10.8. The lowest BCUT2D eigenvalue weighted by atomic mass is 9.90. The molecule has 9 heteroatoms. The van der Waals surface area contributed by atoms with E-state index in [4.69, 9.17) is 4.52 Å². The van der Waals surface area contributed by atoms with E-state index in [1.54, 1.807) is 24.0 Å². The molecule has 1 aliphatic heterocycles. The molecule has 164 valence electrons. The van der Waals surface area contributed by atoms with Crippen LogP contribution >= 0.6 is 0 Å². The molecule has 0 atom stereocenters. The number of piperidine rings is 1. The van der Waals surface area contributed by atoms with E-state index in [1.165, 1.54) is 0 Å². The van der Waals surface area contributed by atoms with Gasteiger partial charge in [-0.2, -0.15) is 10.1 Å². The molecule has 0 aromatic carbocycles. The summed E-state index contributed by atoms with van der Waals surface area (Å²) in [5, 5.41) is 10.2. The van der Waals surface area contributed by atoms with Crippen molar-refractivity contribution in [2.45, 2.75) is 32.7 Å². The van der Waals surface area contributed by atoms with Crippen LogP contribution in [0.25, 0.3) is 22.0 Å². The molecule has 1 aliphatic rings. The van der Waals surface area contributed by atoms with Gasteiger partial charge in [0.1, 0.15) is 5.78 Å². The van der Waals surface area contributed by atoms with Crippen LogP contribution in [-0.4, -0.2) is 53.7 Å². The monoisotopic (exact) mass is 431 g/mol. The summed E-state index contributed by atoms with van der Waals surface area (Å²) in [5.74, 6) is 1.61. The van der Waals surface area contributed by atoms with E-state index in [1.807, 2.05) is 31.6 Å². The minimum Gasteiger partial charge on any atom is -0.340 e. The number of carbonyl (C=O) groups is 1. The smallest absolute Gasteiger partial charge is 0.223 e. The van der Waals surface area contributed by atoms with Crippen LogP contribution in [-0.2, 0) is 24.8 Å². The number of rotatable bonds is 6. The average Bonchev–Trinajstić information content (AvgIpc) is 3.41. The van der Waals surface area contributed by atoms with Gasteiger partial charge in [0.15, 0.2) is 5.82 Å². The number of aromatic nitrogens is 6. The Kier molecular flexibility index (Phi) is 5.48. The molecule has 0 unspecified atom stereocenters. The zero-order valence-electron chi connectivity index (χ0n) is 18.2. The lowest BCUT2D eigenvalue weighted by molar-refractivity contribution is -0.123. The number of aryl methyl sites for hydroxylation is 2. The maximum absolute atomic E-state index is 12.9. The van der Waals surface area contributed by atoms with Crippen LogP contribution in [0, 0.1) is 12.8 Å². The summed E-state index contributed by atoms with van der Waals surface area (Å²) in [4.78, 5) is 28.5. The molecule has 32 heavy (non-hydrogen) atoms. The second-order valence-corrected chi connectivity index (χ2v) is 8.42. The number of hydrogen-bond acceptors (Lipinski definition) is 8. The molecular weight excluding hydrogens is 406 g/mol. The number of likely N-dealkylation sites (tertiary alicyclic amines) is 1. The Morgan fingerprint density at radius 3 is 2.66 bits per heavy atom. The van der Waals surface area contributed by atoms with Gasteiger partial charge in [-0.25, -0.2) is 0 Å². The van der Waals surface area contributed by atoms with Gasteiger partial charge in [0.05, 0.1) is 18.4 Å². The summed E-state index contributed by atoms with van der Waals surface area (Å²) in [6, 6.07) is 4.03. The standard InChI is InChI=1S/C23H25N7O2/c1-15-27-23(28-32-15)14-30-5-3-16(4-6-30)22(31)9-20-7-17-8-21(19-12-26-29(2)13-19)25-11-18(17)10-24-20/h7-8,10-13,16H,3-6,9,14H2,1-2H3. The fourth-order valence-electron chi connectivity index (χ4n) is 4.23. The highest BCUT2D eigenvalue weighted by Crippen LogP contribution is 2.24. The van der Waals surface area contributed by atoms with Gasteiger partial charge in [0.2, 0.25) is 5.89 Å². The second-order valence-electron chi connectivity index (χ2n) is 8.42. The molecule has 1 fully saturated rings. The van der Waals surface area contributed by atoms with Crippen LogP contribution in [0.4, 0.5) is 0 Å². The van der Waals surface area contributed by atoms with Crippen LogP contribution in [0.2, 0.25) is 0 Å². The van der Waals surface area contributed by atoms with Gasteiger partial charge in [-0.15, -0.1) is 0 Å². The molecule has 0 bridgehead atoms. The Morgan fingerprint density at radius 2 is 1.94 bits per heavy atom. The highest BCUT2D eigenvalue weighted by molar-refractivity contribution is 5.87. The summed E-state index contributed by atoms with van der Waals surface area (Å²) in [6.45, 7) is 4.17. The zero-order valence-corrected chi connectivity index (χ0v) is 18.2. The molecule has 0 saturated carbocycles. The highest BCUT2D eigenvalue weighted by atomic mass is 16.5. The largest absolute Gasteiger partial charge is 0.340 e. The van der Waals surface area contributed by atoms with Crippen molar-refractivity contribution < 1.29 is 9.32 Å². The van der Waals surface area contributed by atoms with Crippen molar-refractivity contribution in [3.8, 4) is 11.3 Å². The van der Waals surface area contributed by atoms with Crippen LogP contribution in [0.1, 0.15) is 30.3 Å². The minimum atomic E-state index is 0.0687. The Morgan fingerprint density at radius 1 is 1.12 bits per heavy atom. The number of nitrogens with zero attached hydrogens (tertiary/aromatic N) is 7. The van der Waals surface area contributed by atoms with Gasteiger partial charge in [-0.3, -0.25) is 24.3 Å². The summed E-state index contributed by atoms with van der Waals surface area (Å²) < 4.78 is 6.80. The number of Topliss-reactive ketones (excluding diaryl/α,β-unsaturated/α-hetero) is 1. The third kappa shape index (κ3) is 4.43. The van der Waals surface area contributed by atoms with Gasteiger partial charge in [0.25, 0.3) is 0 Å². The third-order valence-electron chi connectivity index (χ3n) is 5.99. The average molecular weight is 432 g/mol. The first-order chi connectivity index (χ1) is 15.5. The topological polar surface area (TPSA) is 103 Å². The van der Waals surface area contributed by atoms with Crippen molar-refractivity contribution in [1.82, 2.24) is 34.8 Å². The molecule has 0 radical (unpaired) electrons. The fourth-order valence-corrected chi connectivity index (χ4v) is 4.23. The SMILES string of the molecule is Cc1nc(CN2CCC(C(=O)Cc3cc4cc(-c5cnn(C)c5)ncc4cn3)CC2)no1. The van der Waals surface area contributed by atoms with Crippen molar-refractivity contribution in [2.24, 2.45) is 13.0 Å². The Labute approximate surface area is 185 Å². The van der Waals surface area contributed by atoms with Crippen LogP contribution in [0.5, 0.6) is 0 Å². The van der Waals surface area contributed by atoms with Crippen LogP contribution < -0.4 is 0 Å². The first-order valence-electron chi connectivity index (χ1n) is 10.8. The predicted octanol–water partition coefficient (Wildman–Crippen LogP) is 2.75. The molecule has 0 amide bonds. The van der Waals surface area contributed by atoms with Gasteiger partial charge >= 0.3 is 0 Å². The van der Waals surface area contributed by atoms with Gasteiger partial charge in [0, 0.05) is 61.5 Å². The molecule has 1 saturated heterocycles. The molecule has 0 aliphatic carbocycles. The van der Waals surface area contributed by atoms with E-state index in [9.17, 15) is 4.79 Å². The van der Waals surface area contributed by atoms with Crippen molar-refractivity contribution in [2.75, 3.05) is 13.1 Å². The Balaban J connectivity index is 1.22. The number of fused-ring (bicyclic) bond motifs is 1. The minimum absolute atomic E-state index is 0.0687. The highest BCUT2D eigenvalue weighted by Gasteiger charge is 2.26. The van der Waals surface area contributed by atoms with E-state index in [-0.39, 0.29) is 11.7 Å². The second kappa shape index (κ2) is 8.58. The summed E-state index contributed by atoms with van der Waals surface area (Å²) in [6.07, 6.45) is 9.40. The Hall–Kier alpha value is -3.46. The molecule has 5 heterocycles. The molecule has 5 rings (SSSR count). The predicted molar refractivity (Wildman–Crippen MR) is 117 cm³/mol. The van der Waals surface area contributed by atoms with Crippen molar-refractivity contribution in [3.05, 3.63) is 54.3 Å². The first kappa shape index (κ1) is 20.4. The number of carbonyl (C=O) groups excluding carboxylic acids is 1. The maximum Gasteiger partial charge on any atom is 0.223 e. The lowest BCUT2D eigenvalue weighted by Gasteiger charge is -2.30. The normalized spacial score (nSPS) is 15.4. The van der Waals surface area contributed by atoms with Crippen molar-refractivity contribution >= 4 is 16.6 Å². The van der Waals surface area contributed by atoms with Crippen molar-refractivity contribution in [1.29, 1.82) is 0 Å². The molecule has 0 N–H and O–H groups in total. The van der Waals surface area contributed by atoms with Crippen LogP contribution in [0.15, 0.2) is 41.4 Å². The van der Waals surface area contributed by atoms with E-state index >= 15 is 0 Å². The molecule has 4 aromatic heterocycles. The maximum atomic E-state index is 12.9. The van der Waals surface area contributed by atoms with E-state index < -0.39 is 0 Å².